The van der Waals surface area contributed by atoms with Crippen molar-refractivity contribution in [2.45, 2.75) is 75.0 Å². The third kappa shape index (κ3) is 4.30. The first-order valence-corrected chi connectivity index (χ1v) is 8.28. The minimum absolute atomic E-state index is 0.466. The van der Waals surface area contributed by atoms with E-state index in [-0.39, 0.29) is 0 Å². The van der Waals surface area contributed by atoms with Gasteiger partial charge in [-0.2, -0.15) is 0 Å². The number of aliphatic hydroxyl groups excluding tert-OH is 4. The van der Waals surface area contributed by atoms with Gasteiger partial charge in [-0.05, 0) is 6.92 Å². The van der Waals surface area contributed by atoms with Gasteiger partial charge in [-0.1, -0.05) is 0 Å². The van der Waals surface area contributed by atoms with Crippen molar-refractivity contribution in [3.8, 4) is 0 Å². The summed E-state index contributed by atoms with van der Waals surface area (Å²) in [6.45, 7) is 0.579. The lowest BCUT2D eigenvalue weighted by molar-refractivity contribution is -0.329. The summed E-state index contributed by atoms with van der Waals surface area (Å²) < 4.78 is 42.0. The Morgan fingerprint density at radius 1 is 1.00 bits per heavy atom. The maximum atomic E-state index is 13.1. The molecule has 0 aliphatic carbocycles. The van der Waals surface area contributed by atoms with Crippen LogP contribution in [0.5, 0.6) is 0 Å². The van der Waals surface area contributed by atoms with Gasteiger partial charge in [0.2, 0.25) is 5.91 Å². The Morgan fingerprint density at radius 3 is 2.12 bits per heavy atom. The molecule has 8 unspecified atom stereocenters. The van der Waals surface area contributed by atoms with E-state index in [1.54, 1.807) is 0 Å². The molecule has 2 rings (SSSR count). The Bertz CT molecular complexity index is 485. The largest absolute Gasteiger partial charge is 0.388 e. The third-order valence-electron chi connectivity index (χ3n) is 4.60. The molecule has 5 N–H and O–H groups in total. The molecule has 0 aromatic carbocycles. The zero-order chi connectivity index (χ0) is 19.6. The van der Waals surface area contributed by atoms with E-state index in [4.69, 9.17) is 14.2 Å². The number of nitrogens with one attached hydrogen (secondary N) is 1. The number of hydrogen-bond acceptors (Lipinski definition) is 8. The van der Waals surface area contributed by atoms with Gasteiger partial charge in [0.15, 0.2) is 6.29 Å². The predicted molar refractivity (Wildman–Crippen MR) is 81.5 cm³/mol. The molecule has 2 saturated heterocycles. The summed E-state index contributed by atoms with van der Waals surface area (Å²) in [6, 6.07) is -0.922. The number of carbonyl (C=O) groups excluding carboxylic acids is 1. The van der Waals surface area contributed by atoms with Crippen molar-refractivity contribution < 1.29 is 48.2 Å². The highest BCUT2D eigenvalue weighted by Gasteiger charge is 2.50. The molecule has 2 aliphatic rings. The van der Waals surface area contributed by atoms with Crippen LogP contribution >= 0.6 is 0 Å². The quantitative estimate of drug-likeness (QED) is 0.359. The molecule has 2 aliphatic heterocycles. The first-order valence-electron chi connectivity index (χ1n) is 8.28. The molecular weight excluding hydrogens is 360 g/mol. The molecule has 26 heavy (non-hydrogen) atoms. The molecule has 0 aromatic heterocycles. The SMILES string of the molecule is CC(=O)NC1C(C)OC(CF)[C@H](O)C1OC1OC(CF)[C@H](O)C(O)C1O. The van der Waals surface area contributed by atoms with Crippen LogP contribution in [0, 0.1) is 0 Å². The van der Waals surface area contributed by atoms with E-state index in [1.807, 2.05) is 0 Å². The van der Waals surface area contributed by atoms with Crippen molar-refractivity contribution >= 4 is 5.91 Å². The topological polar surface area (TPSA) is 138 Å². The van der Waals surface area contributed by atoms with Gasteiger partial charge in [0.1, 0.15) is 56.1 Å². The Kier molecular flexibility index (Phi) is 7.25. The molecule has 0 spiro atoms. The summed E-state index contributed by atoms with van der Waals surface area (Å²) in [4.78, 5) is 11.4. The van der Waals surface area contributed by atoms with Crippen LogP contribution in [0.25, 0.3) is 0 Å². The molecule has 152 valence electrons. The van der Waals surface area contributed by atoms with Crippen LogP contribution in [0.15, 0.2) is 0 Å². The van der Waals surface area contributed by atoms with Gasteiger partial charge in [0, 0.05) is 6.92 Å². The lowest BCUT2D eigenvalue weighted by Gasteiger charge is -2.46. The van der Waals surface area contributed by atoms with E-state index in [0.717, 1.165) is 0 Å². The normalized spacial score (nSPS) is 46.8. The molecular formula is C15H25F2NO8. The highest BCUT2D eigenvalue weighted by molar-refractivity contribution is 5.73. The Balaban J connectivity index is 2.21. The van der Waals surface area contributed by atoms with Crippen LogP contribution in [0.3, 0.4) is 0 Å². The van der Waals surface area contributed by atoms with Crippen molar-refractivity contribution in [1.82, 2.24) is 5.32 Å². The van der Waals surface area contributed by atoms with Crippen molar-refractivity contribution in [1.29, 1.82) is 0 Å². The summed E-state index contributed by atoms with van der Waals surface area (Å²) in [5, 5.41) is 42.4. The van der Waals surface area contributed by atoms with Crippen molar-refractivity contribution in [3.05, 3.63) is 0 Å². The summed E-state index contributed by atoms with van der Waals surface area (Å²) >= 11 is 0. The summed E-state index contributed by atoms with van der Waals surface area (Å²) in [5.74, 6) is -0.466. The molecule has 9 nitrogen and oxygen atoms in total. The molecule has 0 bridgehead atoms. The smallest absolute Gasteiger partial charge is 0.217 e. The molecule has 10 atom stereocenters. The molecule has 0 saturated carbocycles. The molecule has 0 aromatic rings. The monoisotopic (exact) mass is 385 g/mol. The van der Waals surface area contributed by atoms with Gasteiger partial charge in [0.05, 0.1) is 12.1 Å². The Labute approximate surface area is 148 Å². The number of rotatable bonds is 5. The van der Waals surface area contributed by atoms with Crippen LogP contribution < -0.4 is 5.32 Å². The molecule has 2 fully saturated rings. The van der Waals surface area contributed by atoms with Gasteiger partial charge >= 0.3 is 0 Å². The summed E-state index contributed by atoms with van der Waals surface area (Å²) in [6.07, 6.45) is -13.0. The Hall–Kier alpha value is -0.950. The second kappa shape index (κ2) is 8.83. The minimum Gasteiger partial charge on any atom is -0.388 e. The molecule has 1 amide bonds. The summed E-state index contributed by atoms with van der Waals surface area (Å²) in [5.41, 5.74) is 0. The highest BCUT2D eigenvalue weighted by Crippen LogP contribution is 2.29. The van der Waals surface area contributed by atoms with Crippen molar-refractivity contribution in [3.63, 3.8) is 0 Å². The Morgan fingerprint density at radius 2 is 1.58 bits per heavy atom. The fourth-order valence-electron chi connectivity index (χ4n) is 3.17. The van der Waals surface area contributed by atoms with E-state index in [0.29, 0.717) is 0 Å². The number of amides is 1. The maximum absolute atomic E-state index is 13.1. The van der Waals surface area contributed by atoms with Gasteiger partial charge in [-0.15, -0.1) is 0 Å². The second-order valence-electron chi connectivity index (χ2n) is 6.52. The van der Waals surface area contributed by atoms with E-state index in [1.165, 1.54) is 13.8 Å². The van der Waals surface area contributed by atoms with Gasteiger partial charge in [0.25, 0.3) is 0 Å². The molecule has 11 heteroatoms. The standard InChI is InChI=1S/C15H25F2NO8/c1-5-9(18-6(2)19)14(11(21)8(4-17)24-5)26-15-13(23)12(22)10(20)7(3-16)25-15/h5,7-15,20-23H,3-4H2,1-2H3,(H,18,19)/t5?,7?,8?,9?,10-,11-,12?,13?,14?,15?/m0/s1. The van der Waals surface area contributed by atoms with Crippen LogP contribution in [0.1, 0.15) is 13.8 Å². The number of hydrogen-bond donors (Lipinski definition) is 5. The number of halogens is 2. The minimum atomic E-state index is -1.75. The van der Waals surface area contributed by atoms with Gasteiger partial charge < -0.3 is 40.0 Å². The zero-order valence-corrected chi connectivity index (χ0v) is 14.4. The van der Waals surface area contributed by atoms with E-state index < -0.39 is 80.4 Å². The van der Waals surface area contributed by atoms with Crippen LogP contribution in [0.4, 0.5) is 8.78 Å². The van der Waals surface area contributed by atoms with E-state index in [2.05, 4.69) is 5.32 Å². The fourth-order valence-corrected chi connectivity index (χ4v) is 3.17. The van der Waals surface area contributed by atoms with E-state index >= 15 is 0 Å². The van der Waals surface area contributed by atoms with Crippen LogP contribution in [-0.4, -0.2) is 101 Å². The van der Waals surface area contributed by atoms with Gasteiger partial charge in [-0.3, -0.25) is 4.79 Å². The lowest BCUT2D eigenvalue weighted by atomic mass is 9.92. The average molecular weight is 385 g/mol. The van der Waals surface area contributed by atoms with Crippen molar-refractivity contribution in [2.75, 3.05) is 13.3 Å². The third-order valence-corrected chi connectivity index (χ3v) is 4.60. The molecule has 0 radical (unpaired) electrons. The fraction of sp³-hybridized carbons (Fsp3) is 0.933. The summed E-state index contributed by atoms with van der Waals surface area (Å²) in [7, 11) is 0. The number of carbonyl (C=O) groups is 1. The van der Waals surface area contributed by atoms with Crippen molar-refractivity contribution in [2.24, 2.45) is 0 Å². The lowest BCUT2D eigenvalue weighted by Crippen LogP contribution is -2.67. The van der Waals surface area contributed by atoms with Gasteiger partial charge in [-0.25, -0.2) is 8.78 Å². The molecule has 2 heterocycles. The second-order valence-corrected chi connectivity index (χ2v) is 6.52. The number of alkyl halides is 2. The van der Waals surface area contributed by atoms with Crippen LogP contribution in [0.2, 0.25) is 0 Å². The first kappa shape index (κ1) is 21.4. The van der Waals surface area contributed by atoms with E-state index in [9.17, 15) is 34.0 Å². The average Bonchev–Trinajstić information content (AvgIpc) is 2.60. The first-order chi connectivity index (χ1) is 12.2. The van der Waals surface area contributed by atoms with Crippen LogP contribution in [-0.2, 0) is 19.0 Å². The zero-order valence-electron chi connectivity index (χ0n) is 14.4. The predicted octanol–water partition coefficient (Wildman–Crippen LogP) is -2.23. The highest BCUT2D eigenvalue weighted by atomic mass is 19.1. The number of ether oxygens (including phenoxy) is 3. The maximum Gasteiger partial charge on any atom is 0.217 e. The number of aliphatic hydroxyl groups is 4.